The van der Waals surface area contributed by atoms with Crippen molar-refractivity contribution in [2.24, 2.45) is 0 Å². The van der Waals surface area contributed by atoms with Crippen molar-refractivity contribution in [2.45, 2.75) is 107 Å². The second kappa shape index (κ2) is 13.7. The average Bonchev–Trinajstić information content (AvgIpc) is 2.98. The minimum absolute atomic E-state index is 0.0425. The maximum Gasteiger partial charge on any atom is 0.197 e. The van der Waals surface area contributed by atoms with E-state index >= 15 is 0 Å². The lowest BCUT2D eigenvalue weighted by molar-refractivity contribution is -0.287. The summed E-state index contributed by atoms with van der Waals surface area (Å²) >= 11 is 0. The van der Waals surface area contributed by atoms with Gasteiger partial charge in [0, 0.05) is 7.11 Å². The second-order valence-electron chi connectivity index (χ2n) is 10.9. The van der Waals surface area contributed by atoms with Crippen LogP contribution in [0, 0.1) is 0 Å². The van der Waals surface area contributed by atoms with E-state index in [1.807, 2.05) is 36.4 Å². The molecule has 2 N–H and O–H groups in total. The van der Waals surface area contributed by atoms with Crippen molar-refractivity contribution >= 4 is 0 Å². The highest BCUT2D eigenvalue weighted by atomic mass is 16.7. The Morgan fingerprint density at radius 1 is 0.641 bits per heavy atom. The fraction of sp³-hybridized carbons (Fsp3) is 0.613. The van der Waals surface area contributed by atoms with Crippen LogP contribution in [-0.4, -0.2) is 66.8 Å². The van der Waals surface area contributed by atoms with Gasteiger partial charge in [0.2, 0.25) is 0 Å². The van der Waals surface area contributed by atoms with E-state index in [0.717, 1.165) is 37.2 Å². The smallest absolute Gasteiger partial charge is 0.197 e. The van der Waals surface area contributed by atoms with E-state index in [9.17, 15) is 10.2 Å². The van der Waals surface area contributed by atoms with Crippen LogP contribution < -0.4 is 18.9 Å². The standard InChI is InChI=1S/C31H42O8/c1-34-31-30(38-26-18-16-25(17-19-26)37-23-10-6-3-7-11-23)29(33)28(32)27(39-31)20-35-21-12-14-24(15-13-21)36-22-8-4-2-5-9-22/h12-19,22-23,27-33H,2-11,20H2,1H3/t27-,28-,29+,30-,31-/m1/s1. The minimum Gasteiger partial charge on any atom is -0.491 e. The van der Waals surface area contributed by atoms with Crippen LogP contribution in [-0.2, 0) is 9.47 Å². The molecule has 214 valence electrons. The van der Waals surface area contributed by atoms with Gasteiger partial charge < -0.3 is 38.6 Å². The van der Waals surface area contributed by atoms with Gasteiger partial charge in [-0.1, -0.05) is 12.8 Å². The molecule has 2 aromatic carbocycles. The average molecular weight is 543 g/mol. The van der Waals surface area contributed by atoms with Gasteiger partial charge in [-0.25, -0.2) is 0 Å². The number of methoxy groups -OCH3 is 1. The Morgan fingerprint density at radius 3 is 1.59 bits per heavy atom. The van der Waals surface area contributed by atoms with Gasteiger partial charge in [0.1, 0.15) is 47.9 Å². The van der Waals surface area contributed by atoms with Gasteiger partial charge in [0.25, 0.3) is 0 Å². The van der Waals surface area contributed by atoms with Crippen LogP contribution in [0.1, 0.15) is 64.2 Å². The normalized spacial score (nSPS) is 28.5. The number of hydrogen-bond acceptors (Lipinski definition) is 8. The lowest BCUT2D eigenvalue weighted by atomic mass is 9.98. The minimum atomic E-state index is -1.23. The molecule has 0 unspecified atom stereocenters. The highest BCUT2D eigenvalue weighted by molar-refractivity contribution is 5.32. The molecule has 8 heteroatoms. The Labute approximate surface area is 231 Å². The molecule has 0 bridgehead atoms. The Kier molecular flexibility index (Phi) is 9.85. The van der Waals surface area contributed by atoms with E-state index in [1.165, 1.54) is 45.6 Å². The zero-order valence-corrected chi connectivity index (χ0v) is 22.8. The predicted octanol–water partition coefficient (Wildman–Crippen LogP) is 5.03. The fourth-order valence-corrected chi connectivity index (χ4v) is 5.66. The quantitative estimate of drug-likeness (QED) is 0.432. The first kappa shape index (κ1) is 28.0. The highest BCUT2D eigenvalue weighted by Gasteiger charge is 2.46. The van der Waals surface area contributed by atoms with Crippen molar-refractivity contribution in [1.82, 2.24) is 0 Å². The van der Waals surface area contributed by atoms with E-state index in [0.29, 0.717) is 11.5 Å². The van der Waals surface area contributed by atoms with Crippen molar-refractivity contribution in [3.8, 4) is 23.0 Å². The van der Waals surface area contributed by atoms with E-state index in [-0.39, 0.29) is 18.8 Å². The summed E-state index contributed by atoms with van der Waals surface area (Å²) in [5, 5.41) is 21.7. The third kappa shape index (κ3) is 7.57. The van der Waals surface area contributed by atoms with Gasteiger partial charge >= 0.3 is 0 Å². The molecular formula is C31H42O8. The predicted molar refractivity (Wildman–Crippen MR) is 145 cm³/mol. The van der Waals surface area contributed by atoms with Gasteiger partial charge in [-0.2, -0.15) is 0 Å². The van der Waals surface area contributed by atoms with Gasteiger partial charge in [-0.15, -0.1) is 0 Å². The Balaban J connectivity index is 1.12. The largest absolute Gasteiger partial charge is 0.491 e. The van der Waals surface area contributed by atoms with E-state index in [1.54, 1.807) is 12.1 Å². The molecule has 0 spiro atoms. The zero-order chi connectivity index (χ0) is 27.0. The van der Waals surface area contributed by atoms with Crippen LogP contribution in [0.2, 0.25) is 0 Å². The molecule has 0 radical (unpaired) electrons. The molecule has 1 aliphatic heterocycles. The van der Waals surface area contributed by atoms with Crippen molar-refractivity contribution in [3.05, 3.63) is 48.5 Å². The molecule has 39 heavy (non-hydrogen) atoms. The first-order valence-corrected chi connectivity index (χ1v) is 14.5. The van der Waals surface area contributed by atoms with Crippen molar-refractivity contribution in [2.75, 3.05) is 13.7 Å². The lowest BCUT2D eigenvalue weighted by Crippen LogP contribution is -2.61. The number of benzene rings is 2. The molecule has 8 nitrogen and oxygen atoms in total. The molecule has 2 aliphatic carbocycles. The fourth-order valence-electron chi connectivity index (χ4n) is 5.66. The number of aliphatic hydroxyl groups is 2. The summed E-state index contributed by atoms with van der Waals surface area (Å²) in [4.78, 5) is 0. The summed E-state index contributed by atoms with van der Waals surface area (Å²) < 4.78 is 35.4. The molecule has 0 amide bonds. The summed E-state index contributed by atoms with van der Waals surface area (Å²) in [5.41, 5.74) is 0. The third-order valence-corrected chi connectivity index (χ3v) is 7.92. The van der Waals surface area contributed by atoms with Crippen molar-refractivity contribution in [3.63, 3.8) is 0 Å². The van der Waals surface area contributed by atoms with Gasteiger partial charge in [0.15, 0.2) is 12.4 Å². The number of aliphatic hydroxyl groups excluding tert-OH is 2. The Bertz CT molecular complexity index is 981. The van der Waals surface area contributed by atoms with Gasteiger partial charge in [-0.3, -0.25) is 0 Å². The SMILES string of the molecule is CO[C@@H]1O[C@H](COc2ccc(OC3CCCCC3)cc2)[C@@H](O)[C@H](O)[C@H]1Oc1ccc(OC2CCCCC2)cc1. The number of ether oxygens (including phenoxy) is 6. The second-order valence-corrected chi connectivity index (χ2v) is 10.9. The first-order valence-electron chi connectivity index (χ1n) is 14.5. The first-order chi connectivity index (χ1) is 19.1. The number of rotatable bonds is 10. The van der Waals surface area contributed by atoms with Crippen LogP contribution in [0.3, 0.4) is 0 Å². The van der Waals surface area contributed by atoms with Gasteiger partial charge in [-0.05, 0) is 99.9 Å². The molecule has 3 fully saturated rings. The van der Waals surface area contributed by atoms with Crippen molar-refractivity contribution in [1.29, 1.82) is 0 Å². The van der Waals surface area contributed by atoms with E-state index < -0.39 is 30.7 Å². The molecule has 2 saturated carbocycles. The maximum absolute atomic E-state index is 10.9. The maximum atomic E-state index is 10.9. The molecule has 1 saturated heterocycles. The summed E-state index contributed by atoms with van der Waals surface area (Å²) in [5.74, 6) is 2.77. The van der Waals surface area contributed by atoms with Gasteiger partial charge in [0.05, 0.1) is 12.2 Å². The summed E-state index contributed by atoms with van der Waals surface area (Å²) in [6.07, 6.45) is 7.29. The van der Waals surface area contributed by atoms with E-state index in [4.69, 9.17) is 28.4 Å². The number of hydrogen-bond donors (Lipinski definition) is 2. The Hall–Kier alpha value is -2.52. The van der Waals surface area contributed by atoms with Crippen LogP contribution >= 0.6 is 0 Å². The molecule has 2 aromatic rings. The van der Waals surface area contributed by atoms with Crippen LogP contribution in [0.15, 0.2) is 48.5 Å². The van der Waals surface area contributed by atoms with Crippen LogP contribution in [0.5, 0.6) is 23.0 Å². The monoisotopic (exact) mass is 542 g/mol. The van der Waals surface area contributed by atoms with E-state index in [2.05, 4.69) is 0 Å². The molecule has 3 aliphatic rings. The highest BCUT2D eigenvalue weighted by Crippen LogP contribution is 2.30. The molecule has 1 heterocycles. The third-order valence-electron chi connectivity index (χ3n) is 7.92. The summed E-state index contributed by atoms with van der Waals surface area (Å²) in [6.45, 7) is 0.0425. The Morgan fingerprint density at radius 2 is 1.10 bits per heavy atom. The summed E-state index contributed by atoms with van der Waals surface area (Å²) in [7, 11) is 1.48. The lowest BCUT2D eigenvalue weighted by Gasteiger charge is -2.41. The molecular weight excluding hydrogens is 500 g/mol. The molecule has 0 aromatic heterocycles. The van der Waals surface area contributed by atoms with Crippen LogP contribution in [0.25, 0.3) is 0 Å². The van der Waals surface area contributed by atoms with Crippen molar-refractivity contribution < 1.29 is 38.6 Å². The molecule has 5 rings (SSSR count). The van der Waals surface area contributed by atoms with Crippen LogP contribution in [0.4, 0.5) is 0 Å². The topological polar surface area (TPSA) is 95.8 Å². The zero-order valence-electron chi connectivity index (χ0n) is 22.8. The molecule has 5 atom stereocenters. The summed E-state index contributed by atoms with van der Waals surface area (Å²) in [6, 6.07) is 14.8.